The highest BCUT2D eigenvalue weighted by Crippen LogP contribution is 2.22. The Morgan fingerprint density at radius 1 is 1.67 bits per heavy atom. The molecule has 0 amide bonds. The lowest BCUT2D eigenvalue weighted by Gasteiger charge is -2.17. The second-order valence-corrected chi connectivity index (χ2v) is 4.46. The largest absolute Gasteiger partial charge is 0.396 e. The van der Waals surface area contributed by atoms with Gasteiger partial charge in [0, 0.05) is 31.8 Å². The third-order valence-corrected chi connectivity index (χ3v) is 3.23. The predicted octanol–water partition coefficient (Wildman–Crippen LogP) is 1.02. The van der Waals surface area contributed by atoms with Crippen molar-refractivity contribution in [1.82, 2.24) is 9.97 Å². The van der Waals surface area contributed by atoms with Gasteiger partial charge in [-0.25, -0.2) is 9.97 Å². The van der Waals surface area contributed by atoms with Gasteiger partial charge in [0.1, 0.15) is 5.82 Å². The minimum absolute atomic E-state index is 0.275. The molecule has 0 spiro atoms. The zero-order valence-corrected chi connectivity index (χ0v) is 9.57. The summed E-state index contributed by atoms with van der Waals surface area (Å²) in [5.74, 6) is 1.38. The summed E-state index contributed by atoms with van der Waals surface area (Å²) in [4.78, 5) is 10.8. The number of aliphatic hydroxyl groups excluding tert-OH is 1. The highest BCUT2D eigenvalue weighted by atomic mass is 32.2. The van der Waals surface area contributed by atoms with Gasteiger partial charge < -0.3 is 10.0 Å². The zero-order valence-electron chi connectivity index (χ0n) is 8.76. The molecule has 0 saturated carbocycles. The van der Waals surface area contributed by atoms with Gasteiger partial charge >= 0.3 is 0 Å². The van der Waals surface area contributed by atoms with E-state index in [4.69, 9.17) is 5.11 Å². The topological polar surface area (TPSA) is 49.2 Å². The number of hydrogen-bond acceptors (Lipinski definition) is 5. The molecule has 0 bridgehead atoms. The Kier molecular flexibility index (Phi) is 3.43. The van der Waals surface area contributed by atoms with Gasteiger partial charge in [-0.15, -0.1) is 0 Å². The van der Waals surface area contributed by atoms with Crippen LogP contribution in [0.2, 0.25) is 0 Å². The Morgan fingerprint density at radius 3 is 3.20 bits per heavy atom. The molecule has 0 aliphatic carbocycles. The van der Waals surface area contributed by atoms with Crippen molar-refractivity contribution in [2.45, 2.75) is 11.6 Å². The second kappa shape index (κ2) is 4.81. The van der Waals surface area contributed by atoms with Gasteiger partial charge in [0.25, 0.3) is 0 Å². The monoisotopic (exact) mass is 225 g/mol. The summed E-state index contributed by atoms with van der Waals surface area (Å²) in [6.45, 7) is 2.16. The number of rotatable bonds is 3. The van der Waals surface area contributed by atoms with E-state index in [1.807, 2.05) is 12.3 Å². The van der Waals surface area contributed by atoms with Gasteiger partial charge in [-0.3, -0.25) is 0 Å². The van der Waals surface area contributed by atoms with Crippen LogP contribution >= 0.6 is 11.8 Å². The quantitative estimate of drug-likeness (QED) is 0.615. The molecule has 1 fully saturated rings. The second-order valence-electron chi connectivity index (χ2n) is 3.68. The molecule has 15 heavy (non-hydrogen) atoms. The van der Waals surface area contributed by atoms with Crippen LogP contribution in [-0.4, -0.2) is 41.0 Å². The fourth-order valence-corrected chi connectivity index (χ4v) is 2.15. The molecule has 1 unspecified atom stereocenters. The molecule has 5 heteroatoms. The van der Waals surface area contributed by atoms with Crippen LogP contribution < -0.4 is 4.90 Å². The molecule has 0 radical (unpaired) electrons. The van der Waals surface area contributed by atoms with Gasteiger partial charge in [0.2, 0.25) is 0 Å². The van der Waals surface area contributed by atoms with Crippen LogP contribution in [0.25, 0.3) is 0 Å². The minimum Gasteiger partial charge on any atom is -0.396 e. The van der Waals surface area contributed by atoms with Crippen molar-refractivity contribution in [3.63, 3.8) is 0 Å². The number of nitrogens with zero attached hydrogens (tertiary/aromatic N) is 3. The molecular formula is C10H15N3OS. The third kappa shape index (κ3) is 2.41. The number of hydrogen-bond donors (Lipinski definition) is 1. The molecule has 1 aliphatic rings. The van der Waals surface area contributed by atoms with Crippen LogP contribution in [0.1, 0.15) is 6.42 Å². The van der Waals surface area contributed by atoms with Gasteiger partial charge in [0.05, 0.1) is 0 Å². The first-order valence-electron chi connectivity index (χ1n) is 5.06. The van der Waals surface area contributed by atoms with Gasteiger partial charge in [0.15, 0.2) is 5.16 Å². The summed E-state index contributed by atoms with van der Waals surface area (Å²) in [6, 6.07) is 1.93. The van der Waals surface area contributed by atoms with Crippen molar-refractivity contribution >= 4 is 17.6 Å². The summed E-state index contributed by atoms with van der Waals surface area (Å²) >= 11 is 1.55. The average Bonchev–Trinajstić information content (AvgIpc) is 2.78. The van der Waals surface area contributed by atoms with Gasteiger partial charge in [-0.1, -0.05) is 11.8 Å². The fraction of sp³-hybridized carbons (Fsp3) is 0.600. The molecule has 2 heterocycles. The summed E-state index contributed by atoms with van der Waals surface area (Å²) < 4.78 is 0. The van der Waals surface area contributed by atoms with Crippen molar-refractivity contribution in [2.75, 3.05) is 30.9 Å². The lowest BCUT2D eigenvalue weighted by atomic mass is 10.1. The molecule has 1 aliphatic heterocycles. The average molecular weight is 225 g/mol. The van der Waals surface area contributed by atoms with E-state index >= 15 is 0 Å². The highest BCUT2D eigenvalue weighted by molar-refractivity contribution is 7.98. The van der Waals surface area contributed by atoms with Crippen molar-refractivity contribution in [1.29, 1.82) is 0 Å². The summed E-state index contributed by atoms with van der Waals surface area (Å²) in [5, 5.41) is 9.87. The van der Waals surface area contributed by atoms with E-state index in [1.165, 1.54) is 0 Å². The molecule has 0 aromatic carbocycles. The number of aliphatic hydroxyl groups is 1. The summed E-state index contributed by atoms with van der Waals surface area (Å²) in [7, 11) is 0. The minimum atomic E-state index is 0.275. The lowest BCUT2D eigenvalue weighted by molar-refractivity contribution is 0.238. The Morgan fingerprint density at radius 2 is 2.53 bits per heavy atom. The molecule has 1 atom stereocenters. The SMILES string of the molecule is CSc1nccc(N2CCC(CO)C2)n1. The van der Waals surface area contributed by atoms with Crippen LogP contribution in [0.5, 0.6) is 0 Å². The number of aromatic nitrogens is 2. The van der Waals surface area contributed by atoms with Crippen LogP contribution in [0.3, 0.4) is 0 Å². The summed E-state index contributed by atoms with van der Waals surface area (Å²) in [6.07, 6.45) is 4.81. The van der Waals surface area contributed by atoms with Crippen LogP contribution in [0.4, 0.5) is 5.82 Å². The van der Waals surface area contributed by atoms with E-state index < -0.39 is 0 Å². The lowest BCUT2D eigenvalue weighted by Crippen LogP contribution is -2.21. The van der Waals surface area contributed by atoms with E-state index in [0.29, 0.717) is 5.92 Å². The molecule has 82 valence electrons. The van der Waals surface area contributed by atoms with Crippen molar-refractivity contribution in [3.8, 4) is 0 Å². The van der Waals surface area contributed by atoms with Crippen molar-refractivity contribution < 1.29 is 5.11 Å². The third-order valence-electron chi connectivity index (χ3n) is 2.67. The molecule has 1 saturated heterocycles. The normalized spacial score (nSPS) is 20.9. The Bertz CT molecular complexity index is 334. The first-order chi connectivity index (χ1) is 7.33. The van der Waals surface area contributed by atoms with Crippen LogP contribution in [-0.2, 0) is 0 Å². The maximum absolute atomic E-state index is 9.07. The predicted molar refractivity (Wildman–Crippen MR) is 61.2 cm³/mol. The smallest absolute Gasteiger partial charge is 0.189 e. The highest BCUT2D eigenvalue weighted by Gasteiger charge is 2.22. The first-order valence-corrected chi connectivity index (χ1v) is 6.29. The Hall–Kier alpha value is -0.810. The van der Waals surface area contributed by atoms with Crippen LogP contribution in [0.15, 0.2) is 17.4 Å². The number of thioether (sulfide) groups is 1. The zero-order chi connectivity index (χ0) is 10.7. The van der Waals surface area contributed by atoms with E-state index in [-0.39, 0.29) is 6.61 Å². The Labute approximate surface area is 93.7 Å². The molecular weight excluding hydrogens is 210 g/mol. The van der Waals surface area contributed by atoms with E-state index in [0.717, 1.165) is 30.5 Å². The van der Waals surface area contributed by atoms with Crippen LogP contribution in [0, 0.1) is 5.92 Å². The van der Waals surface area contributed by atoms with Crippen molar-refractivity contribution in [2.24, 2.45) is 5.92 Å². The van der Waals surface area contributed by atoms with E-state index in [2.05, 4.69) is 14.9 Å². The van der Waals surface area contributed by atoms with Gasteiger partial charge in [-0.05, 0) is 18.7 Å². The summed E-state index contributed by atoms with van der Waals surface area (Å²) in [5.41, 5.74) is 0. The maximum Gasteiger partial charge on any atom is 0.189 e. The Balaban J connectivity index is 2.09. The molecule has 1 aromatic heterocycles. The van der Waals surface area contributed by atoms with Crippen molar-refractivity contribution in [3.05, 3.63) is 12.3 Å². The van der Waals surface area contributed by atoms with Gasteiger partial charge in [-0.2, -0.15) is 0 Å². The fourth-order valence-electron chi connectivity index (χ4n) is 1.80. The van der Waals surface area contributed by atoms with E-state index in [9.17, 15) is 0 Å². The molecule has 2 rings (SSSR count). The molecule has 4 nitrogen and oxygen atoms in total. The standard InChI is InChI=1S/C10H15N3OS/c1-15-10-11-4-2-9(12-10)13-5-3-8(6-13)7-14/h2,4,8,14H,3,5-7H2,1H3. The first kappa shape index (κ1) is 10.7. The molecule has 1 N–H and O–H groups in total. The molecule has 1 aromatic rings. The maximum atomic E-state index is 9.07. The van der Waals surface area contributed by atoms with E-state index in [1.54, 1.807) is 18.0 Å². The number of anilines is 1.